The van der Waals surface area contributed by atoms with Gasteiger partial charge in [0.2, 0.25) is 0 Å². The van der Waals surface area contributed by atoms with Crippen molar-refractivity contribution in [3.8, 4) is 0 Å². The molecule has 0 spiro atoms. The molecule has 1 aromatic heterocycles. The van der Waals surface area contributed by atoms with E-state index in [4.69, 9.17) is 10.7 Å². The molecule has 2 aromatic rings. The van der Waals surface area contributed by atoms with Gasteiger partial charge in [0.15, 0.2) is 9.34 Å². The molecule has 114 valence electrons. The highest BCUT2D eigenvalue weighted by molar-refractivity contribution is 8.15. The molecular weight excluding hydrogens is 356 g/mol. The molecule has 0 bridgehead atoms. The Morgan fingerprint density at radius 2 is 1.86 bits per heavy atom. The Labute approximate surface area is 131 Å². The van der Waals surface area contributed by atoms with Gasteiger partial charge in [0.05, 0.1) is 10.6 Å². The quantitative estimate of drug-likeness (QED) is 0.839. The van der Waals surface area contributed by atoms with Crippen LogP contribution < -0.4 is 4.72 Å². The number of aromatic nitrogens is 1. The highest BCUT2D eigenvalue weighted by Gasteiger charge is 2.22. The first-order valence-electron chi connectivity index (χ1n) is 5.61. The van der Waals surface area contributed by atoms with Gasteiger partial charge in [-0.3, -0.25) is 4.72 Å². The molecule has 0 radical (unpaired) electrons. The molecule has 2 rings (SSSR count). The summed E-state index contributed by atoms with van der Waals surface area (Å²) in [5.74, 6) is 0. The van der Waals surface area contributed by atoms with E-state index >= 15 is 0 Å². The summed E-state index contributed by atoms with van der Waals surface area (Å²) in [4.78, 5) is 3.95. The Morgan fingerprint density at radius 1 is 1.19 bits per heavy atom. The molecule has 0 aliphatic rings. The van der Waals surface area contributed by atoms with E-state index in [1.54, 1.807) is 19.1 Å². The molecule has 0 unspecified atom stereocenters. The van der Waals surface area contributed by atoms with Crippen molar-refractivity contribution < 1.29 is 16.8 Å². The standard InChI is InChI=1S/C11H11ClN2O4S3/c1-7-4-3-5-9(6-7)21(17,18)14-11-13-8(2)10(19-11)20(12,15)16/h3-6H,1-2H3,(H,13,14). The van der Waals surface area contributed by atoms with Gasteiger partial charge in [-0.25, -0.2) is 21.8 Å². The number of anilines is 1. The van der Waals surface area contributed by atoms with Crippen LogP contribution in [0.3, 0.4) is 0 Å². The number of nitrogens with zero attached hydrogens (tertiary/aromatic N) is 1. The molecule has 10 heteroatoms. The molecule has 0 aliphatic carbocycles. The van der Waals surface area contributed by atoms with Crippen LogP contribution in [0.4, 0.5) is 5.13 Å². The average Bonchev–Trinajstić information content (AvgIpc) is 2.69. The normalized spacial score (nSPS) is 12.3. The number of hydrogen-bond donors (Lipinski definition) is 1. The smallest absolute Gasteiger partial charge is 0.255 e. The summed E-state index contributed by atoms with van der Waals surface area (Å²) in [6.45, 7) is 3.21. The SMILES string of the molecule is Cc1cccc(S(=O)(=O)Nc2nc(C)c(S(=O)(=O)Cl)s2)c1. The maximum atomic E-state index is 12.2. The predicted octanol–water partition coefficient (Wildman–Crippen LogP) is 2.49. The first-order valence-corrected chi connectivity index (χ1v) is 10.2. The average molecular weight is 367 g/mol. The monoisotopic (exact) mass is 366 g/mol. The lowest BCUT2D eigenvalue weighted by atomic mass is 10.2. The third kappa shape index (κ3) is 3.73. The summed E-state index contributed by atoms with van der Waals surface area (Å²) in [5.41, 5.74) is 0.939. The Hall–Kier alpha value is -1.16. The Morgan fingerprint density at radius 3 is 2.38 bits per heavy atom. The Kier molecular flexibility index (Phi) is 4.29. The molecule has 0 fully saturated rings. The summed E-state index contributed by atoms with van der Waals surface area (Å²) in [6.07, 6.45) is 0. The third-order valence-electron chi connectivity index (χ3n) is 2.50. The first-order chi connectivity index (χ1) is 9.59. The number of halogens is 1. The summed E-state index contributed by atoms with van der Waals surface area (Å²) < 4.78 is 49.1. The molecule has 6 nitrogen and oxygen atoms in total. The van der Waals surface area contributed by atoms with Gasteiger partial charge < -0.3 is 0 Å². The Balaban J connectivity index is 2.38. The van der Waals surface area contributed by atoms with Crippen LogP contribution in [0.1, 0.15) is 11.3 Å². The van der Waals surface area contributed by atoms with Crippen LogP contribution >= 0.6 is 22.0 Å². The van der Waals surface area contributed by atoms with Crippen LogP contribution in [-0.4, -0.2) is 21.8 Å². The number of aryl methyl sites for hydroxylation is 2. The number of nitrogens with one attached hydrogen (secondary N) is 1. The van der Waals surface area contributed by atoms with Crippen LogP contribution in [-0.2, 0) is 19.1 Å². The summed E-state index contributed by atoms with van der Waals surface area (Å²) in [7, 11) is -2.52. The van der Waals surface area contributed by atoms with Gasteiger partial charge in [-0.2, -0.15) is 0 Å². The van der Waals surface area contributed by atoms with Crippen molar-refractivity contribution in [3.05, 3.63) is 35.5 Å². The fourth-order valence-corrected chi connectivity index (χ4v) is 5.30. The molecular formula is C11H11ClN2O4S3. The van der Waals surface area contributed by atoms with Gasteiger partial charge >= 0.3 is 0 Å². The largest absolute Gasteiger partial charge is 0.272 e. The van der Waals surface area contributed by atoms with E-state index < -0.39 is 19.1 Å². The molecule has 0 saturated carbocycles. The van der Waals surface area contributed by atoms with Gasteiger partial charge in [0.1, 0.15) is 0 Å². The molecule has 0 aliphatic heterocycles. The number of benzene rings is 1. The summed E-state index contributed by atoms with van der Waals surface area (Å²) in [5, 5.41) is -0.0479. The van der Waals surface area contributed by atoms with Crippen LogP contribution in [0.5, 0.6) is 0 Å². The lowest BCUT2D eigenvalue weighted by molar-refractivity contribution is 0.601. The van der Waals surface area contributed by atoms with E-state index in [0.717, 1.165) is 5.56 Å². The van der Waals surface area contributed by atoms with Crippen molar-refractivity contribution in [2.24, 2.45) is 0 Å². The van der Waals surface area contributed by atoms with Gasteiger partial charge in [-0.05, 0) is 31.5 Å². The van der Waals surface area contributed by atoms with Crippen molar-refractivity contribution in [3.63, 3.8) is 0 Å². The molecule has 1 heterocycles. The minimum atomic E-state index is -3.95. The highest BCUT2D eigenvalue weighted by atomic mass is 35.7. The second-order valence-electron chi connectivity index (χ2n) is 4.25. The van der Waals surface area contributed by atoms with Crippen LogP contribution in [0.2, 0.25) is 0 Å². The minimum absolute atomic E-state index is 0.0479. The zero-order valence-corrected chi connectivity index (χ0v) is 14.2. The van der Waals surface area contributed by atoms with Crippen LogP contribution in [0.15, 0.2) is 33.4 Å². The minimum Gasteiger partial charge on any atom is -0.255 e. The zero-order chi connectivity index (χ0) is 15.8. The van der Waals surface area contributed by atoms with E-state index in [1.807, 2.05) is 0 Å². The van der Waals surface area contributed by atoms with Gasteiger partial charge in [0.25, 0.3) is 19.1 Å². The third-order valence-corrected chi connectivity index (χ3v) is 7.21. The molecule has 21 heavy (non-hydrogen) atoms. The van der Waals surface area contributed by atoms with Crippen molar-refractivity contribution in [1.82, 2.24) is 4.98 Å². The van der Waals surface area contributed by atoms with E-state index in [9.17, 15) is 16.8 Å². The van der Waals surface area contributed by atoms with E-state index in [1.165, 1.54) is 19.1 Å². The first kappa shape index (κ1) is 16.2. The lowest BCUT2D eigenvalue weighted by Gasteiger charge is -2.05. The molecule has 0 atom stereocenters. The molecule has 0 saturated heterocycles. The van der Waals surface area contributed by atoms with Gasteiger partial charge in [0, 0.05) is 10.7 Å². The predicted molar refractivity (Wildman–Crippen MR) is 81.9 cm³/mol. The van der Waals surface area contributed by atoms with Gasteiger partial charge in [-0.15, -0.1) is 0 Å². The highest BCUT2D eigenvalue weighted by Crippen LogP contribution is 2.31. The zero-order valence-electron chi connectivity index (χ0n) is 11.0. The maximum Gasteiger partial charge on any atom is 0.272 e. The molecule has 0 amide bonds. The number of hydrogen-bond acceptors (Lipinski definition) is 6. The van der Waals surface area contributed by atoms with Crippen molar-refractivity contribution >= 4 is 46.2 Å². The van der Waals surface area contributed by atoms with Crippen LogP contribution in [0.25, 0.3) is 0 Å². The number of rotatable bonds is 4. The molecule has 1 N–H and O–H groups in total. The number of thiazole rings is 1. The summed E-state index contributed by atoms with van der Waals surface area (Å²) in [6, 6.07) is 6.33. The maximum absolute atomic E-state index is 12.2. The summed E-state index contributed by atoms with van der Waals surface area (Å²) >= 11 is 0.671. The van der Waals surface area contributed by atoms with Crippen molar-refractivity contribution in [2.75, 3.05) is 4.72 Å². The topological polar surface area (TPSA) is 93.2 Å². The fraction of sp³-hybridized carbons (Fsp3) is 0.182. The molecule has 1 aromatic carbocycles. The second-order valence-corrected chi connectivity index (χ2v) is 9.69. The van der Waals surface area contributed by atoms with E-state index in [-0.39, 0.29) is 19.9 Å². The number of sulfonamides is 1. The second kappa shape index (κ2) is 5.56. The van der Waals surface area contributed by atoms with Crippen molar-refractivity contribution in [2.45, 2.75) is 23.0 Å². The Bertz CT molecular complexity index is 888. The van der Waals surface area contributed by atoms with Crippen LogP contribution in [0, 0.1) is 13.8 Å². The fourth-order valence-electron chi connectivity index (χ4n) is 1.61. The van der Waals surface area contributed by atoms with E-state index in [0.29, 0.717) is 11.3 Å². The van der Waals surface area contributed by atoms with Crippen molar-refractivity contribution in [1.29, 1.82) is 0 Å². The van der Waals surface area contributed by atoms with Gasteiger partial charge in [-0.1, -0.05) is 23.5 Å². The lowest BCUT2D eigenvalue weighted by Crippen LogP contribution is -2.12. The van der Waals surface area contributed by atoms with E-state index in [2.05, 4.69) is 9.71 Å².